The molecule has 1 aliphatic heterocycles. The van der Waals surface area contributed by atoms with E-state index in [9.17, 15) is 8.42 Å². The molecule has 0 amide bonds. The van der Waals surface area contributed by atoms with Gasteiger partial charge in [-0.3, -0.25) is 9.88 Å². The Kier molecular flexibility index (Phi) is 4.76. The third kappa shape index (κ3) is 3.96. The molecule has 0 saturated carbocycles. The first-order valence-corrected chi connectivity index (χ1v) is 10.0. The molecular formula is C16H17N3O2S2. The second kappa shape index (κ2) is 6.79. The third-order valence-corrected chi connectivity index (χ3v) is 6.48. The van der Waals surface area contributed by atoms with E-state index in [-0.39, 0.29) is 17.5 Å². The van der Waals surface area contributed by atoms with Crippen molar-refractivity contribution in [2.75, 3.05) is 18.1 Å². The fourth-order valence-corrected chi connectivity index (χ4v) is 5.24. The summed E-state index contributed by atoms with van der Waals surface area (Å²) in [4.78, 5) is 10.9. The maximum atomic E-state index is 11.7. The first-order valence-electron chi connectivity index (χ1n) is 7.31. The lowest BCUT2D eigenvalue weighted by Crippen LogP contribution is -2.36. The predicted octanol–water partition coefficient (Wildman–Crippen LogP) is 1.83. The molecule has 7 heteroatoms. The Bertz CT molecular complexity index is 809. The van der Waals surface area contributed by atoms with Crippen LogP contribution in [0.2, 0.25) is 0 Å². The molecule has 0 bridgehead atoms. The Morgan fingerprint density at radius 1 is 1.43 bits per heavy atom. The molecule has 0 radical (unpaired) electrons. The smallest absolute Gasteiger partial charge is 0.151 e. The van der Waals surface area contributed by atoms with Gasteiger partial charge in [0.25, 0.3) is 0 Å². The summed E-state index contributed by atoms with van der Waals surface area (Å²) >= 11 is 1.53. The molecule has 2 aromatic heterocycles. The highest BCUT2D eigenvalue weighted by molar-refractivity contribution is 7.91. The summed E-state index contributed by atoms with van der Waals surface area (Å²) in [5.74, 6) is 3.06. The van der Waals surface area contributed by atoms with E-state index in [4.69, 9.17) is 6.42 Å². The lowest BCUT2D eigenvalue weighted by molar-refractivity contribution is 0.228. The third-order valence-electron chi connectivity index (χ3n) is 3.82. The van der Waals surface area contributed by atoms with E-state index >= 15 is 0 Å². The molecule has 0 N–H and O–H groups in total. The van der Waals surface area contributed by atoms with Gasteiger partial charge < -0.3 is 0 Å². The Balaban J connectivity index is 1.74. The Labute approximate surface area is 140 Å². The molecule has 0 unspecified atom stereocenters. The lowest BCUT2D eigenvalue weighted by Gasteiger charge is -2.24. The summed E-state index contributed by atoms with van der Waals surface area (Å²) in [5.41, 5.74) is 1.74. The Morgan fingerprint density at radius 3 is 2.96 bits per heavy atom. The van der Waals surface area contributed by atoms with Gasteiger partial charge in [0.1, 0.15) is 5.01 Å². The molecule has 1 atom stereocenters. The summed E-state index contributed by atoms with van der Waals surface area (Å²) in [5, 5.41) is 2.84. The topological polar surface area (TPSA) is 63.2 Å². The molecule has 3 rings (SSSR count). The second-order valence-electron chi connectivity index (χ2n) is 5.52. The van der Waals surface area contributed by atoms with E-state index < -0.39 is 9.84 Å². The average molecular weight is 347 g/mol. The van der Waals surface area contributed by atoms with Crippen molar-refractivity contribution < 1.29 is 8.42 Å². The fraction of sp³-hybridized carbons (Fsp3) is 0.375. The summed E-state index contributed by atoms with van der Waals surface area (Å²) in [6.07, 6.45) is 7.83. The van der Waals surface area contributed by atoms with E-state index in [1.807, 2.05) is 28.5 Å². The molecule has 0 aromatic carbocycles. The lowest BCUT2D eigenvalue weighted by atomic mass is 10.2. The molecule has 23 heavy (non-hydrogen) atoms. The zero-order valence-corrected chi connectivity index (χ0v) is 14.2. The average Bonchev–Trinajstić information content (AvgIpc) is 3.14. The largest absolute Gasteiger partial charge is 0.282 e. The number of rotatable bonds is 5. The van der Waals surface area contributed by atoms with Crippen molar-refractivity contribution in [3.63, 3.8) is 0 Å². The number of pyridine rings is 1. The van der Waals surface area contributed by atoms with Crippen molar-refractivity contribution in [2.45, 2.75) is 19.0 Å². The molecule has 0 spiro atoms. The first kappa shape index (κ1) is 16.1. The van der Waals surface area contributed by atoms with E-state index in [1.165, 1.54) is 11.3 Å². The zero-order valence-electron chi connectivity index (χ0n) is 12.6. The van der Waals surface area contributed by atoms with Crippen LogP contribution < -0.4 is 0 Å². The molecule has 2 aromatic rings. The van der Waals surface area contributed by atoms with E-state index in [0.717, 1.165) is 16.4 Å². The van der Waals surface area contributed by atoms with Crippen LogP contribution in [-0.4, -0.2) is 47.4 Å². The van der Waals surface area contributed by atoms with Crippen molar-refractivity contribution >= 4 is 21.2 Å². The molecule has 0 aliphatic carbocycles. The van der Waals surface area contributed by atoms with E-state index in [2.05, 4.69) is 15.9 Å². The van der Waals surface area contributed by atoms with Gasteiger partial charge in [-0.1, -0.05) is 12.0 Å². The van der Waals surface area contributed by atoms with Crippen LogP contribution in [0.5, 0.6) is 0 Å². The first-order chi connectivity index (χ1) is 11.1. The highest BCUT2D eigenvalue weighted by Gasteiger charge is 2.32. The van der Waals surface area contributed by atoms with Crippen LogP contribution in [0, 0.1) is 12.3 Å². The van der Waals surface area contributed by atoms with Crippen molar-refractivity contribution in [2.24, 2.45) is 0 Å². The Morgan fingerprint density at radius 2 is 2.30 bits per heavy atom. The SMILES string of the molecule is C#CCN(Cc1csc(-c2ccccn2)n1)[C@H]1CCS(=O)(=O)C1. The van der Waals surface area contributed by atoms with Gasteiger partial charge in [0.15, 0.2) is 9.84 Å². The number of aromatic nitrogens is 2. The standard InChI is InChI=1S/C16H17N3O2S2/c1-2-8-19(14-6-9-23(20,21)12-14)10-13-11-22-16(18-13)15-5-3-4-7-17-15/h1,3-5,7,11,14H,6,8-10,12H2/t14-/m0/s1. The Hall–Kier alpha value is -1.75. The summed E-state index contributed by atoms with van der Waals surface area (Å²) < 4.78 is 23.4. The molecule has 1 fully saturated rings. The number of sulfone groups is 1. The molecular weight excluding hydrogens is 330 g/mol. The minimum absolute atomic E-state index is 0.0175. The number of terminal acetylenes is 1. The maximum absolute atomic E-state index is 11.7. The van der Waals surface area contributed by atoms with Crippen molar-refractivity contribution in [1.29, 1.82) is 0 Å². The van der Waals surface area contributed by atoms with Crippen LogP contribution in [0.1, 0.15) is 12.1 Å². The van der Waals surface area contributed by atoms with Gasteiger partial charge in [0.2, 0.25) is 0 Å². The van der Waals surface area contributed by atoms with E-state index in [1.54, 1.807) is 6.20 Å². The van der Waals surface area contributed by atoms with Gasteiger partial charge in [-0.25, -0.2) is 13.4 Å². The highest BCUT2D eigenvalue weighted by Crippen LogP contribution is 2.24. The maximum Gasteiger partial charge on any atom is 0.151 e. The molecule has 120 valence electrons. The molecule has 5 nitrogen and oxygen atoms in total. The van der Waals surface area contributed by atoms with Crippen molar-refractivity contribution in [1.82, 2.24) is 14.9 Å². The van der Waals surface area contributed by atoms with Crippen molar-refractivity contribution in [3.05, 3.63) is 35.5 Å². The molecule has 1 aliphatic rings. The van der Waals surface area contributed by atoms with Gasteiger partial charge in [-0.15, -0.1) is 17.8 Å². The summed E-state index contributed by atoms with van der Waals surface area (Å²) in [7, 11) is -2.93. The van der Waals surface area contributed by atoms with E-state index in [0.29, 0.717) is 19.5 Å². The van der Waals surface area contributed by atoms with Crippen LogP contribution >= 0.6 is 11.3 Å². The number of thiazole rings is 1. The van der Waals surface area contributed by atoms with Gasteiger partial charge in [-0.05, 0) is 18.6 Å². The minimum atomic E-state index is -2.93. The van der Waals surface area contributed by atoms with Crippen LogP contribution in [0.15, 0.2) is 29.8 Å². The number of hydrogen-bond donors (Lipinski definition) is 0. The van der Waals surface area contributed by atoms with Crippen LogP contribution in [0.4, 0.5) is 0 Å². The quantitative estimate of drug-likeness (QED) is 0.772. The van der Waals surface area contributed by atoms with Gasteiger partial charge >= 0.3 is 0 Å². The number of nitrogens with zero attached hydrogens (tertiary/aromatic N) is 3. The van der Waals surface area contributed by atoms with Crippen LogP contribution in [0.25, 0.3) is 10.7 Å². The predicted molar refractivity (Wildman–Crippen MR) is 91.6 cm³/mol. The van der Waals surface area contributed by atoms with Gasteiger partial charge in [0, 0.05) is 24.2 Å². The fourth-order valence-electron chi connectivity index (χ4n) is 2.69. The zero-order chi connectivity index (χ0) is 16.3. The summed E-state index contributed by atoms with van der Waals surface area (Å²) in [6, 6.07) is 5.70. The van der Waals surface area contributed by atoms with Gasteiger partial charge in [-0.2, -0.15) is 0 Å². The number of hydrogen-bond acceptors (Lipinski definition) is 6. The summed E-state index contributed by atoms with van der Waals surface area (Å²) in [6.45, 7) is 0.990. The molecule has 3 heterocycles. The van der Waals surface area contributed by atoms with Gasteiger partial charge in [0.05, 0.1) is 29.4 Å². The van der Waals surface area contributed by atoms with Crippen LogP contribution in [-0.2, 0) is 16.4 Å². The molecule has 1 saturated heterocycles. The minimum Gasteiger partial charge on any atom is -0.282 e. The normalized spacial score (nSPS) is 19.7. The monoisotopic (exact) mass is 347 g/mol. The van der Waals surface area contributed by atoms with Crippen LogP contribution in [0.3, 0.4) is 0 Å². The second-order valence-corrected chi connectivity index (χ2v) is 8.61. The highest BCUT2D eigenvalue weighted by atomic mass is 32.2. The van der Waals surface area contributed by atoms with Crippen molar-refractivity contribution in [3.8, 4) is 23.0 Å².